The zero-order chi connectivity index (χ0) is 22.4. The van der Waals surface area contributed by atoms with Gasteiger partial charge in [0.15, 0.2) is 5.65 Å². The molecule has 0 saturated carbocycles. The van der Waals surface area contributed by atoms with Crippen molar-refractivity contribution in [3.63, 3.8) is 0 Å². The number of phenolic OH excluding ortho intramolecular Hbond substituents is 1. The van der Waals surface area contributed by atoms with Crippen molar-refractivity contribution < 1.29 is 5.11 Å². The Morgan fingerprint density at radius 3 is 2.47 bits per heavy atom. The minimum Gasteiger partial charge on any atom is -0.507 e. The van der Waals surface area contributed by atoms with Gasteiger partial charge in [0, 0.05) is 36.3 Å². The highest BCUT2D eigenvalue weighted by Gasteiger charge is 2.23. The number of rotatable bonds is 3. The quantitative estimate of drug-likeness (QED) is 0.503. The number of aryl methyl sites for hydroxylation is 2. The first-order chi connectivity index (χ1) is 15.4. The third kappa shape index (κ3) is 3.73. The Morgan fingerprint density at radius 1 is 1.00 bits per heavy atom. The molecule has 32 heavy (non-hydrogen) atoms. The van der Waals surface area contributed by atoms with E-state index in [4.69, 9.17) is 0 Å². The van der Waals surface area contributed by atoms with Gasteiger partial charge in [-0.25, -0.2) is 9.97 Å². The maximum Gasteiger partial charge on any atom is 0.245 e. The largest absolute Gasteiger partial charge is 0.507 e. The van der Waals surface area contributed by atoms with Crippen LogP contribution in [0.25, 0.3) is 28.2 Å². The molecular formula is C22H25N9O. The van der Waals surface area contributed by atoms with Crippen molar-refractivity contribution in [3.05, 3.63) is 41.9 Å². The zero-order valence-corrected chi connectivity index (χ0v) is 18.5. The molecule has 5 rings (SSSR count). The highest BCUT2D eigenvalue weighted by Crippen LogP contribution is 2.32. The fraction of sp³-hybridized carbons (Fsp3) is 0.364. The SMILES string of the molecule is Cc1nc2c(C)cc(-c3ccc(-c4cnc(N5C[C@@H](C)N[C@@H](C)C5)nn4)c(O)c3)nn2n1. The molecule has 4 heterocycles. The number of phenols is 1. The van der Waals surface area contributed by atoms with Crippen LogP contribution in [0.2, 0.25) is 0 Å². The number of aromatic hydroxyl groups is 1. The third-order valence-electron chi connectivity index (χ3n) is 5.56. The van der Waals surface area contributed by atoms with Gasteiger partial charge in [-0.2, -0.15) is 0 Å². The lowest BCUT2D eigenvalue weighted by Crippen LogP contribution is -2.54. The normalized spacial score (nSPS) is 18.9. The molecule has 0 aliphatic carbocycles. The van der Waals surface area contributed by atoms with Crippen LogP contribution in [0.3, 0.4) is 0 Å². The summed E-state index contributed by atoms with van der Waals surface area (Å²) in [6, 6.07) is 8.01. The lowest BCUT2D eigenvalue weighted by molar-refractivity contribution is 0.402. The van der Waals surface area contributed by atoms with E-state index in [1.165, 1.54) is 4.63 Å². The van der Waals surface area contributed by atoms with Crippen molar-refractivity contribution in [3.8, 4) is 28.3 Å². The fourth-order valence-corrected chi connectivity index (χ4v) is 4.20. The van der Waals surface area contributed by atoms with Gasteiger partial charge in [0.05, 0.1) is 11.9 Å². The van der Waals surface area contributed by atoms with Crippen LogP contribution in [0, 0.1) is 13.8 Å². The smallest absolute Gasteiger partial charge is 0.245 e. The van der Waals surface area contributed by atoms with Gasteiger partial charge in [0.25, 0.3) is 0 Å². The summed E-state index contributed by atoms with van der Waals surface area (Å²) in [5, 5.41) is 31.7. The lowest BCUT2D eigenvalue weighted by Gasteiger charge is -2.35. The molecule has 0 spiro atoms. The Hall–Kier alpha value is -3.66. The van der Waals surface area contributed by atoms with Gasteiger partial charge in [-0.05, 0) is 51.5 Å². The molecule has 2 N–H and O–H groups in total. The number of anilines is 1. The van der Waals surface area contributed by atoms with E-state index in [9.17, 15) is 5.11 Å². The molecule has 1 aliphatic heterocycles. The maximum absolute atomic E-state index is 10.7. The second-order valence-electron chi connectivity index (χ2n) is 8.43. The van der Waals surface area contributed by atoms with E-state index in [0.29, 0.717) is 40.8 Å². The highest BCUT2D eigenvalue weighted by atomic mass is 16.3. The summed E-state index contributed by atoms with van der Waals surface area (Å²) in [7, 11) is 0. The third-order valence-corrected chi connectivity index (χ3v) is 5.56. The van der Waals surface area contributed by atoms with Crippen LogP contribution in [0.15, 0.2) is 30.5 Å². The predicted molar refractivity (Wildman–Crippen MR) is 120 cm³/mol. The minimum absolute atomic E-state index is 0.0880. The number of piperazine rings is 1. The molecule has 0 radical (unpaired) electrons. The van der Waals surface area contributed by atoms with E-state index in [2.05, 4.69) is 54.4 Å². The first-order valence-electron chi connectivity index (χ1n) is 10.6. The van der Waals surface area contributed by atoms with Crippen molar-refractivity contribution in [1.29, 1.82) is 0 Å². The molecule has 0 bridgehead atoms. The van der Waals surface area contributed by atoms with Crippen LogP contribution >= 0.6 is 0 Å². The van der Waals surface area contributed by atoms with Crippen LogP contribution in [0.5, 0.6) is 5.75 Å². The standard InChI is InChI=1S/C22H25N9O/c1-12-7-18(29-31-21(12)25-15(4)28-31)16-5-6-17(20(32)8-16)19-9-23-22(27-26-19)30-10-13(2)24-14(3)11-30/h5-9,13-14,24,32H,10-11H2,1-4H3/t13-,14+. The van der Waals surface area contributed by atoms with Crippen molar-refractivity contribution in [2.45, 2.75) is 39.8 Å². The molecule has 3 aromatic heterocycles. The molecular weight excluding hydrogens is 406 g/mol. The van der Waals surface area contributed by atoms with Gasteiger partial charge in [-0.1, -0.05) is 6.07 Å². The van der Waals surface area contributed by atoms with Crippen LogP contribution in [-0.2, 0) is 0 Å². The van der Waals surface area contributed by atoms with Gasteiger partial charge in [0.1, 0.15) is 17.3 Å². The summed E-state index contributed by atoms with van der Waals surface area (Å²) >= 11 is 0. The Balaban J connectivity index is 1.42. The second-order valence-corrected chi connectivity index (χ2v) is 8.43. The monoisotopic (exact) mass is 431 g/mol. The van der Waals surface area contributed by atoms with Gasteiger partial charge in [0.2, 0.25) is 5.95 Å². The summed E-state index contributed by atoms with van der Waals surface area (Å²) in [6.45, 7) is 9.73. The number of nitrogens with zero attached hydrogens (tertiary/aromatic N) is 8. The summed E-state index contributed by atoms with van der Waals surface area (Å²) in [5.41, 5.74) is 4.23. The maximum atomic E-state index is 10.7. The topological polar surface area (TPSA) is 117 Å². The van der Waals surface area contributed by atoms with Crippen LogP contribution in [0.4, 0.5) is 5.95 Å². The van der Waals surface area contributed by atoms with E-state index in [0.717, 1.165) is 29.9 Å². The first-order valence-corrected chi connectivity index (χ1v) is 10.6. The predicted octanol–water partition coefficient (Wildman–Crippen LogP) is 2.15. The van der Waals surface area contributed by atoms with Gasteiger partial charge < -0.3 is 15.3 Å². The number of benzene rings is 1. The van der Waals surface area contributed by atoms with Crippen LogP contribution in [-0.4, -0.2) is 65.3 Å². The van der Waals surface area contributed by atoms with E-state index in [1.54, 1.807) is 18.3 Å². The number of hydrogen-bond donors (Lipinski definition) is 2. The molecule has 164 valence electrons. The van der Waals surface area contributed by atoms with E-state index in [1.807, 2.05) is 26.0 Å². The molecule has 4 aromatic rings. The summed E-state index contributed by atoms with van der Waals surface area (Å²) < 4.78 is 1.52. The minimum atomic E-state index is 0.0880. The van der Waals surface area contributed by atoms with Gasteiger partial charge in [-0.3, -0.25) is 0 Å². The Kier molecular flexibility index (Phi) is 4.93. The van der Waals surface area contributed by atoms with Crippen molar-refractivity contribution >= 4 is 11.6 Å². The Labute approximate surface area is 185 Å². The molecule has 0 unspecified atom stereocenters. The highest BCUT2D eigenvalue weighted by molar-refractivity contribution is 5.73. The number of nitrogens with one attached hydrogen (secondary N) is 1. The van der Waals surface area contributed by atoms with Crippen molar-refractivity contribution in [2.75, 3.05) is 18.0 Å². The summed E-state index contributed by atoms with van der Waals surface area (Å²) in [6.07, 6.45) is 1.65. The summed E-state index contributed by atoms with van der Waals surface area (Å²) in [5.74, 6) is 1.35. The van der Waals surface area contributed by atoms with E-state index >= 15 is 0 Å². The lowest BCUT2D eigenvalue weighted by atomic mass is 10.0. The van der Waals surface area contributed by atoms with Crippen molar-refractivity contribution in [1.82, 2.24) is 40.3 Å². The first kappa shape index (κ1) is 20.3. The van der Waals surface area contributed by atoms with Crippen molar-refractivity contribution in [2.24, 2.45) is 0 Å². The number of hydrogen-bond acceptors (Lipinski definition) is 9. The van der Waals surface area contributed by atoms with Gasteiger partial charge >= 0.3 is 0 Å². The van der Waals surface area contributed by atoms with E-state index < -0.39 is 0 Å². The van der Waals surface area contributed by atoms with Gasteiger partial charge in [-0.15, -0.1) is 25.0 Å². The van der Waals surface area contributed by atoms with Crippen LogP contribution in [0.1, 0.15) is 25.2 Å². The zero-order valence-electron chi connectivity index (χ0n) is 18.5. The van der Waals surface area contributed by atoms with Crippen LogP contribution < -0.4 is 10.2 Å². The summed E-state index contributed by atoms with van der Waals surface area (Å²) in [4.78, 5) is 11.0. The average molecular weight is 432 g/mol. The molecule has 10 heteroatoms. The van der Waals surface area contributed by atoms with E-state index in [-0.39, 0.29) is 5.75 Å². The average Bonchev–Trinajstić information content (AvgIpc) is 3.14. The molecule has 10 nitrogen and oxygen atoms in total. The fourth-order valence-electron chi connectivity index (χ4n) is 4.20. The molecule has 1 aromatic carbocycles. The number of aromatic nitrogens is 7. The second kappa shape index (κ2) is 7.79. The molecule has 1 aliphatic rings. The molecule has 0 amide bonds. The number of fused-ring (bicyclic) bond motifs is 1. The molecule has 2 atom stereocenters. The molecule has 1 saturated heterocycles. The Morgan fingerprint density at radius 2 is 1.78 bits per heavy atom. The molecule has 1 fully saturated rings. The Bertz CT molecular complexity index is 1270.